The van der Waals surface area contributed by atoms with Gasteiger partial charge in [-0.2, -0.15) is 0 Å². The molecule has 0 radical (unpaired) electrons. The molecule has 0 fully saturated rings. The summed E-state index contributed by atoms with van der Waals surface area (Å²) in [6.45, 7) is 4.74. The molecule has 0 atom stereocenters. The van der Waals surface area contributed by atoms with Crippen LogP contribution in [-0.2, 0) is 6.42 Å². The number of non-ortho nitro benzene ring substituents is 1. The normalized spacial score (nSPS) is 10.3. The number of carbonyl (C=O) groups excluding carboxylic acids is 1. The van der Waals surface area contributed by atoms with E-state index in [-0.39, 0.29) is 11.6 Å². The summed E-state index contributed by atoms with van der Waals surface area (Å²) in [5.74, 6) is -0.208. The molecule has 2 aromatic rings. The fraction of sp³-hybridized carbons (Fsp3) is 0.278. The minimum Gasteiger partial charge on any atom is -0.352 e. The molecule has 0 heterocycles. The lowest BCUT2D eigenvalue weighted by atomic mass is 10.0. The van der Waals surface area contributed by atoms with E-state index >= 15 is 0 Å². The van der Waals surface area contributed by atoms with Crippen LogP contribution in [0.1, 0.15) is 33.5 Å². The van der Waals surface area contributed by atoms with Crippen LogP contribution in [-0.4, -0.2) is 17.4 Å². The molecule has 5 nitrogen and oxygen atoms in total. The molecule has 0 saturated heterocycles. The van der Waals surface area contributed by atoms with Crippen molar-refractivity contribution in [3.63, 3.8) is 0 Å². The van der Waals surface area contributed by atoms with Crippen molar-refractivity contribution in [2.24, 2.45) is 0 Å². The largest absolute Gasteiger partial charge is 0.352 e. The predicted molar refractivity (Wildman–Crippen MR) is 89.7 cm³/mol. The van der Waals surface area contributed by atoms with E-state index in [1.165, 1.54) is 41.0 Å². The number of carbonyl (C=O) groups is 1. The van der Waals surface area contributed by atoms with Gasteiger partial charge in [0, 0.05) is 24.2 Å². The van der Waals surface area contributed by atoms with Crippen LogP contribution in [0, 0.1) is 24.0 Å². The maximum Gasteiger partial charge on any atom is 0.269 e. The van der Waals surface area contributed by atoms with Crippen molar-refractivity contribution in [1.29, 1.82) is 0 Å². The van der Waals surface area contributed by atoms with E-state index in [1.54, 1.807) is 0 Å². The maximum absolute atomic E-state index is 12.0. The van der Waals surface area contributed by atoms with Crippen LogP contribution in [0.3, 0.4) is 0 Å². The van der Waals surface area contributed by atoms with Gasteiger partial charge in [0.05, 0.1) is 4.92 Å². The Morgan fingerprint density at radius 2 is 1.83 bits per heavy atom. The van der Waals surface area contributed by atoms with Gasteiger partial charge in [0.25, 0.3) is 11.6 Å². The zero-order valence-electron chi connectivity index (χ0n) is 13.3. The van der Waals surface area contributed by atoms with E-state index in [9.17, 15) is 14.9 Å². The maximum atomic E-state index is 12.0. The minimum atomic E-state index is -0.481. The number of aryl methyl sites for hydroxylation is 3. The second kappa shape index (κ2) is 7.54. The van der Waals surface area contributed by atoms with Crippen LogP contribution in [0.25, 0.3) is 0 Å². The SMILES string of the molecule is Cc1ccc(CCCNC(=O)c2ccc([N+](=O)[O-])cc2)c(C)c1. The first-order chi connectivity index (χ1) is 11.0. The quantitative estimate of drug-likeness (QED) is 0.503. The summed E-state index contributed by atoms with van der Waals surface area (Å²) in [5.41, 5.74) is 4.23. The van der Waals surface area contributed by atoms with Crippen molar-refractivity contribution in [3.8, 4) is 0 Å². The highest BCUT2D eigenvalue weighted by molar-refractivity contribution is 5.94. The number of amides is 1. The van der Waals surface area contributed by atoms with Gasteiger partial charge in [0.2, 0.25) is 0 Å². The van der Waals surface area contributed by atoms with Gasteiger partial charge in [-0.25, -0.2) is 0 Å². The van der Waals surface area contributed by atoms with Crippen molar-refractivity contribution in [3.05, 3.63) is 74.8 Å². The Morgan fingerprint density at radius 3 is 2.43 bits per heavy atom. The molecule has 0 saturated carbocycles. The lowest BCUT2D eigenvalue weighted by Crippen LogP contribution is -2.24. The molecule has 120 valence electrons. The minimum absolute atomic E-state index is 0.0172. The molecule has 0 aliphatic rings. The summed E-state index contributed by atoms with van der Waals surface area (Å²) in [6.07, 6.45) is 1.76. The Hall–Kier alpha value is -2.69. The molecule has 1 amide bonds. The highest BCUT2D eigenvalue weighted by atomic mass is 16.6. The first-order valence-corrected chi connectivity index (χ1v) is 7.56. The Labute approximate surface area is 135 Å². The summed E-state index contributed by atoms with van der Waals surface area (Å²) in [5, 5.41) is 13.4. The van der Waals surface area contributed by atoms with Crippen LogP contribution in [0.5, 0.6) is 0 Å². The van der Waals surface area contributed by atoms with Crippen molar-refractivity contribution >= 4 is 11.6 Å². The first-order valence-electron chi connectivity index (χ1n) is 7.56. The molecule has 23 heavy (non-hydrogen) atoms. The molecule has 0 aliphatic carbocycles. The Kier molecular flexibility index (Phi) is 5.46. The zero-order chi connectivity index (χ0) is 16.8. The second-order valence-electron chi connectivity index (χ2n) is 5.59. The lowest BCUT2D eigenvalue weighted by molar-refractivity contribution is -0.384. The number of nitrogens with zero attached hydrogens (tertiary/aromatic N) is 1. The molecule has 0 bridgehead atoms. The van der Waals surface area contributed by atoms with Gasteiger partial charge in [0.1, 0.15) is 0 Å². The highest BCUT2D eigenvalue weighted by Crippen LogP contribution is 2.13. The summed E-state index contributed by atoms with van der Waals surface area (Å²) in [7, 11) is 0. The average molecular weight is 312 g/mol. The van der Waals surface area contributed by atoms with Crippen molar-refractivity contribution < 1.29 is 9.72 Å². The number of hydrogen-bond donors (Lipinski definition) is 1. The van der Waals surface area contributed by atoms with Crippen molar-refractivity contribution in [2.45, 2.75) is 26.7 Å². The Bertz CT molecular complexity index is 709. The monoisotopic (exact) mass is 312 g/mol. The van der Waals surface area contributed by atoms with E-state index in [2.05, 4.69) is 37.4 Å². The van der Waals surface area contributed by atoms with Crippen LogP contribution in [0.4, 0.5) is 5.69 Å². The van der Waals surface area contributed by atoms with Gasteiger partial charge in [-0.05, 0) is 49.9 Å². The lowest BCUT2D eigenvalue weighted by Gasteiger charge is -2.08. The van der Waals surface area contributed by atoms with Crippen LogP contribution in [0.2, 0.25) is 0 Å². The van der Waals surface area contributed by atoms with E-state index in [4.69, 9.17) is 0 Å². The summed E-state index contributed by atoms with van der Waals surface area (Å²) in [6, 6.07) is 12.0. The Balaban J connectivity index is 1.81. The predicted octanol–water partition coefficient (Wildman–Crippen LogP) is 3.57. The van der Waals surface area contributed by atoms with Crippen molar-refractivity contribution in [1.82, 2.24) is 5.32 Å². The van der Waals surface area contributed by atoms with Crippen molar-refractivity contribution in [2.75, 3.05) is 6.54 Å². The number of benzene rings is 2. The van der Waals surface area contributed by atoms with Gasteiger partial charge in [0.15, 0.2) is 0 Å². The van der Waals surface area contributed by atoms with E-state index in [0.29, 0.717) is 12.1 Å². The summed E-state index contributed by atoms with van der Waals surface area (Å²) < 4.78 is 0. The molecule has 0 aromatic heterocycles. The third-order valence-electron chi connectivity index (χ3n) is 3.75. The molecular formula is C18H20N2O3. The van der Waals surface area contributed by atoms with Gasteiger partial charge in [-0.1, -0.05) is 23.8 Å². The Morgan fingerprint density at radius 1 is 1.13 bits per heavy atom. The number of nitro groups is 1. The van der Waals surface area contributed by atoms with Gasteiger partial charge in [-0.15, -0.1) is 0 Å². The second-order valence-corrected chi connectivity index (χ2v) is 5.59. The average Bonchev–Trinajstić information content (AvgIpc) is 2.53. The van der Waals surface area contributed by atoms with Gasteiger partial charge in [-0.3, -0.25) is 14.9 Å². The molecule has 0 unspecified atom stereocenters. The molecule has 0 spiro atoms. The van der Waals surface area contributed by atoms with E-state index < -0.39 is 4.92 Å². The van der Waals surface area contributed by atoms with Gasteiger partial charge >= 0.3 is 0 Å². The number of nitrogens with one attached hydrogen (secondary N) is 1. The number of nitro benzene ring substituents is 1. The topological polar surface area (TPSA) is 72.2 Å². The smallest absolute Gasteiger partial charge is 0.269 e. The highest BCUT2D eigenvalue weighted by Gasteiger charge is 2.09. The number of rotatable bonds is 6. The molecular weight excluding hydrogens is 292 g/mol. The van der Waals surface area contributed by atoms with Crippen LogP contribution in [0.15, 0.2) is 42.5 Å². The molecule has 2 rings (SSSR count). The zero-order valence-corrected chi connectivity index (χ0v) is 13.3. The van der Waals surface area contributed by atoms with Gasteiger partial charge < -0.3 is 5.32 Å². The fourth-order valence-corrected chi connectivity index (χ4v) is 2.44. The van der Waals surface area contributed by atoms with Crippen LogP contribution >= 0.6 is 0 Å². The first kappa shape index (κ1) is 16.7. The third-order valence-corrected chi connectivity index (χ3v) is 3.75. The molecule has 1 N–H and O–H groups in total. The summed E-state index contributed by atoms with van der Waals surface area (Å²) >= 11 is 0. The van der Waals surface area contributed by atoms with Crippen LogP contribution < -0.4 is 5.32 Å². The molecule has 0 aliphatic heterocycles. The summed E-state index contributed by atoms with van der Waals surface area (Å²) in [4.78, 5) is 22.1. The number of hydrogen-bond acceptors (Lipinski definition) is 3. The molecule has 5 heteroatoms. The molecule has 2 aromatic carbocycles. The fourth-order valence-electron chi connectivity index (χ4n) is 2.44. The standard InChI is InChI=1S/C18H20N2O3/c1-13-5-6-15(14(2)12-13)4-3-11-19-18(21)16-7-9-17(10-8-16)20(22)23/h5-10,12H,3-4,11H2,1-2H3,(H,19,21). The third kappa shape index (κ3) is 4.64. The van der Waals surface area contributed by atoms with E-state index in [1.807, 2.05) is 0 Å². The van der Waals surface area contributed by atoms with E-state index in [0.717, 1.165) is 12.8 Å².